The van der Waals surface area contributed by atoms with Crippen LogP contribution in [0.25, 0.3) is 16.5 Å². The predicted octanol–water partition coefficient (Wildman–Crippen LogP) is 6.13. The van der Waals surface area contributed by atoms with Gasteiger partial charge in [0, 0.05) is 21.8 Å². The number of hydrogen-bond donors (Lipinski definition) is 1. The predicted molar refractivity (Wildman–Crippen MR) is 125 cm³/mol. The van der Waals surface area contributed by atoms with Crippen molar-refractivity contribution in [2.24, 2.45) is 0 Å². The van der Waals surface area contributed by atoms with Crippen molar-refractivity contribution in [3.63, 3.8) is 0 Å². The van der Waals surface area contributed by atoms with Crippen LogP contribution < -0.4 is 5.32 Å². The van der Waals surface area contributed by atoms with Crippen LogP contribution in [0, 0.1) is 13.8 Å². The van der Waals surface area contributed by atoms with Gasteiger partial charge in [-0.25, -0.2) is 4.68 Å². The maximum absolute atomic E-state index is 13.3. The Balaban J connectivity index is 1.62. The number of halogens is 4. The van der Waals surface area contributed by atoms with E-state index in [1.165, 1.54) is 6.07 Å². The molecule has 5 nitrogen and oxygen atoms in total. The Morgan fingerprint density at radius 3 is 2.53 bits per heavy atom. The van der Waals surface area contributed by atoms with Gasteiger partial charge in [-0.1, -0.05) is 35.9 Å². The number of alkyl halides is 3. The molecule has 0 bridgehead atoms. The zero-order chi connectivity index (χ0) is 24.6. The number of fused-ring (bicyclic) bond motifs is 1. The van der Waals surface area contributed by atoms with Gasteiger partial charge >= 0.3 is 6.18 Å². The van der Waals surface area contributed by atoms with Crippen LogP contribution in [0.2, 0.25) is 5.02 Å². The van der Waals surface area contributed by atoms with Crippen LogP contribution in [0.1, 0.15) is 41.2 Å². The monoisotopic (exact) mass is 486 g/mol. The molecule has 4 aromatic rings. The SMILES string of the molecule is Cc1cc2c(C(C)C(=O)NCc3cc(C(F)(F)F)nn3-c3cccc(Cl)c3)cccc2c(C)n1. The van der Waals surface area contributed by atoms with Crippen molar-refractivity contribution in [2.75, 3.05) is 0 Å². The normalized spacial score (nSPS) is 12.7. The summed E-state index contributed by atoms with van der Waals surface area (Å²) in [6, 6.07) is 14.9. The first-order valence-electron chi connectivity index (χ1n) is 10.6. The van der Waals surface area contributed by atoms with Crippen molar-refractivity contribution in [2.45, 2.75) is 39.4 Å². The second-order valence-electron chi connectivity index (χ2n) is 8.14. The average molecular weight is 487 g/mol. The van der Waals surface area contributed by atoms with E-state index in [1.807, 2.05) is 38.1 Å². The quantitative estimate of drug-likeness (QED) is 0.369. The van der Waals surface area contributed by atoms with Crippen LogP contribution in [0.15, 0.2) is 54.6 Å². The van der Waals surface area contributed by atoms with E-state index in [1.54, 1.807) is 25.1 Å². The summed E-state index contributed by atoms with van der Waals surface area (Å²) in [6.07, 6.45) is -4.62. The number of carbonyl (C=O) groups is 1. The third-order valence-electron chi connectivity index (χ3n) is 5.66. The maximum atomic E-state index is 13.3. The molecule has 0 spiro atoms. The second kappa shape index (κ2) is 9.10. The number of nitrogens with one attached hydrogen (secondary N) is 1. The summed E-state index contributed by atoms with van der Waals surface area (Å²) in [4.78, 5) is 17.5. The van der Waals surface area contributed by atoms with E-state index in [2.05, 4.69) is 15.4 Å². The molecule has 2 heterocycles. The average Bonchev–Trinajstić information content (AvgIpc) is 3.21. The molecule has 34 heavy (non-hydrogen) atoms. The molecule has 0 aliphatic heterocycles. The Kier molecular flexibility index (Phi) is 6.36. The van der Waals surface area contributed by atoms with Gasteiger partial charge in [0.1, 0.15) is 0 Å². The van der Waals surface area contributed by atoms with Gasteiger partial charge in [-0.05, 0) is 62.1 Å². The number of amides is 1. The molecule has 1 unspecified atom stereocenters. The molecule has 4 rings (SSSR count). The molecule has 0 radical (unpaired) electrons. The van der Waals surface area contributed by atoms with Gasteiger partial charge in [0.05, 0.1) is 23.8 Å². The smallest absolute Gasteiger partial charge is 0.350 e. The Hall–Kier alpha value is -3.39. The van der Waals surface area contributed by atoms with Crippen LogP contribution in [-0.4, -0.2) is 20.7 Å². The van der Waals surface area contributed by atoms with E-state index in [4.69, 9.17) is 11.6 Å². The Labute approximate surface area is 199 Å². The van der Waals surface area contributed by atoms with Crippen LogP contribution in [0.5, 0.6) is 0 Å². The molecule has 1 N–H and O–H groups in total. The van der Waals surface area contributed by atoms with Gasteiger partial charge in [-0.2, -0.15) is 18.3 Å². The molecule has 176 valence electrons. The first-order valence-corrected chi connectivity index (χ1v) is 11.0. The number of aryl methyl sites for hydroxylation is 2. The van der Waals surface area contributed by atoms with Crippen molar-refractivity contribution in [3.8, 4) is 5.69 Å². The molecular formula is C25H22ClF3N4O. The third kappa shape index (κ3) is 4.77. The molecule has 0 aliphatic carbocycles. The minimum absolute atomic E-state index is 0.136. The summed E-state index contributed by atoms with van der Waals surface area (Å²) in [6.45, 7) is 5.44. The number of benzene rings is 2. The fraction of sp³-hybridized carbons (Fsp3) is 0.240. The van der Waals surface area contributed by atoms with Crippen LogP contribution in [0.3, 0.4) is 0 Å². The van der Waals surface area contributed by atoms with Gasteiger partial charge < -0.3 is 5.32 Å². The molecule has 0 fully saturated rings. The lowest BCUT2D eigenvalue weighted by atomic mass is 9.93. The zero-order valence-electron chi connectivity index (χ0n) is 18.7. The van der Waals surface area contributed by atoms with Crippen molar-refractivity contribution in [3.05, 3.63) is 88.0 Å². The number of carbonyl (C=O) groups excluding carboxylic acids is 1. The summed E-state index contributed by atoms with van der Waals surface area (Å²) in [5, 5.41) is 8.72. The van der Waals surface area contributed by atoms with Gasteiger partial charge in [0.2, 0.25) is 5.91 Å². The third-order valence-corrected chi connectivity index (χ3v) is 5.89. The maximum Gasteiger partial charge on any atom is 0.435 e. The highest BCUT2D eigenvalue weighted by molar-refractivity contribution is 6.30. The second-order valence-corrected chi connectivity index (χ2v) is 8.58. The minimum atomic E-state index is -4.62. The molecular weight excluding hydrogens is 465 g/mol. The molecule has 0 saturated heterocycles. The zero-order valence-corrected chi connectivity index (χ0v) is 19.5. The first-order chi connectivity index (χ1) is 16.0. The first kappa shape index (κ1) is 23.8. The number of hydrogen-bond acceptors (Lipinski definition) is 3. The van der Waals surface area contributed by atoms with Crippen LogP contribution >= 0.6 is 11.6 Å². The van der Waals surface area contributed by atoms with Gasteiger partial charge in [-0.15, -0.1) is 0 Å². The van der Waals surface area contributed by atoms with Crippen LogP contribution in [-0.2, 0) is 17.5 Å². The van der Waals surface area contributed by atoms with E-state index < -0.39 is 17.8 Å². The number of nitrogens with zero attached hydrogens (tertiary/aromatic N) is 3. The highest BCUT2D eigenvalue weighted by atomic mass is 35.5. The topological polar surface area (TPSA) is 59.8 Å². The number of pyridine rings is 1. The standard InChI is InChI=1S/C25H22ClF3N4O/c1-14-10-22-20(8-5-9-21(22)16(3)31-14)15(2)24(34)30-13-19-12-23(25(27,28)29)32-33(19)18-7-4-6-17(26)11-18/h4-12,15H,13H2,1-3H3,(H,30,34). The Morgan fingerprint density at radius 1 is 1.09 bits per heavy atom. The fourth-order valence-corrected chi connectivity index (χ4v) is 4.18. The van der Waals surface area contributed by atoms with E-state index in [0.717, 1.165) is 38.5 Å². The summed E-state index contributed by atoms with van der Waals surface area (Å²) < 4.78 is 41.2. The van der Waals surface area contributed by atoms with Crippen LogP contribution in [0.4, 0.5) is 13.2 Å². The summed E-state index contributed by atoms with van der Waals surface area (Å²) in [5.74, 6) is -0.846. The fourth-order valence-electron chi connectivity index (χ4n) is 3.99. The Morgan fingerprint density at radius 2 is 1.82 bits per heavy atom. The van der Waals surface area contributed by atoms with E-state index in [-0.39, 0.29) is 18.1 Å². The molecule has 0 aliphatic rings. The highest BCUT2D eigenvalue weighted by Crippen LogP contribution is 2.31. The van der Waals surface area contributed by atoms with Crippen molar-refractivity contribution in [1.29, 1.82) is 0 Å². The van der Waals surface area contributed by atoms with Crippen molar-refractivity contribution >= 4 is 28.3 Å². The lowest BCUT2D eigenvalue weighted by molar-refractivity contribution is -0.141. The summed E-state index contributed by atoms with van der Waals surface area (Å²) in [5.41, 5.74) is 2.04. The van der Waals surface area contributed by atoms with E-state index >= 15 is 0 Å². The summed E-state index contributed by atoms with van der Waals surface area (Å²) >= 11 is 6.01. The molecule has 2 aromatic heterocycles. The lowest BCUT2D eigenvalue weighted by Gasteiger charge is -2.16. The molecule has 9 heteroatoms. The van der Waals surface area contributed by atoms with Crippen molar-refractivity contribution < 1.29 is 18.0 Å². The summed E-state index contributed by atoms with van der Waals surface area (Å²) in [7, 11) is 0. The minimum Gasteiger partial charge on any atom is -0.350 e. The number of aromatic nitrogens is 3. The molecule has 1 amide bonds. The van der Waals surface area contributed by atoms with Crippen molar-refractivity contribution in [1.82, 2.24) is 20.1 Å². The molecule has 2 aromatic carbocycles. The van der Waals surface area contributed by atoms with Gasteiger partial charge in [-0.3, -0.25) is 9.78 Å². The van der Waals surface area contributed by atoms with E-state index in [0.29, 0.717) is 10.7 Å². The van der Waals surface area contributed by atoms with Gasteiger partial charge in [0.15, 0.2) is 5.69 Å². The molecule has 1 atom stereocenters. The Bertz CT molecular complexity index is 1380. The molecule has 0 saturated carbocycles. The number of rotatable bonds is 5. The van der Waals surface area contributed by atoms with Gasteiger partial charge in [0.25, 0.3) is 0 Å². The highest BCUT2D eigenvalue weighted by Gasteiger charge is 2.35. The largest absolute Gasteiger partial charge is 0.435 e. The van der Waals surface area contributed by atoms with E-state index in [9.17, 15) is 18.0 Å². The lowest BCUT2D eigenvalue weighted by Crippen LogP contribution is -2.28.